The monoisotopic (exact) mass is 120 g/mol. The van der Waals surface area contributed by atoms with E-state index in [1.165, 1.54) is 0 Å². The number of nitrogens with one attached hydrogen (secondary N) is 1. The van der Waals surface area contributed by atoms with E-state index in [4.69, 9.17) is 4.89 Å². The zero-order valence-electron chi connectivity index (χ0n) is 3.79. The standard InChI is InChI=1S/C3H6NO2P/c5-7(6)3-1-4-2-3/h3-4H,1-2H2/p+1. The summed E-state index contributed by atoms with van der Waals surface area (Å²) < 4.78 is 10.1. The highest BCUT2D eigenvalue weighted by atomic mass is 31.1. The van der Waals surface area contributed by atoms with Gasteiger partial charge in [0.05, 0.1) is 0 Å². The van der Waals surface area contributed by atoms with Crippen molar-refractivity contribution in [2.24, 2.45) is 0 Å². The summed E-state index contributed by atoms with van der Waals surface area (Å²) in [6.07, 6.45) is 0. The second-order valence-electron chi connectivity index (χ2n) is 1.61. The Hall–Kier alpha value is 0.0200. The Morgan fingerprint density at radius 3 is 2.29 bits per heavy atom. The Morgan fingerprint density at radius 2 is 2.29 bits per heavy atom. The van der Waals surface area contributed by atoms with Crippen molar-refractivity contribution < 1.29 is 9.46 Å². The lowest BCUT2D eigenvalue weighted by molar-refractivity contribution is 0.444. The van der Waals surface area contributed by atoms with Gasteiger partial charge < -0.3 is 5.32 Å². The fourth-order valence-electron chi connectivity index (χ4n) is 0.430. The smallest absolute Gasteiger partial charge is 0.308 e. The van der Waals surface area contributed by atoms with E-state index in [-0.39, 0.29) is 5.66 Å². The molecule has 0 amide bonds. The maximum absolute atomic E-state index is 10.1. The van der Waals surface area contributed by atoms with E-state index >= 15 is 0 Å². The first-order valence-electron chi connectivity index (χ1n) is 2.16. The molecule has 1 atom stereocenters. The van der Waals surface area contributed by atoms with Gasteiger partial charge in [0.25, 0.3) is 0 Å². The minimum absolute atomic E-state index is 0.0370. The fourth-order valence-corrected chi connectivity index (χ4v) is 1.00. The summed E-state index contributed by atoms with van der Waals surface area (Å²) >= 11 is 0. The third-order valence-electron chi connectivity index (χ3n) is 1.07. The average Bonchev–Trinajstić information content (AvgIpc) is 1.23. The van der Waals surface area contributed by atoms with E-state index in [1.807, 2.05) is 0 Å². The fraction of sp³-hybridized carbons (Fsp3) is 1.00. The van der Waals surface area contributed by atoms with Crippen molar-refractivity contribution in [1.29, 1.82) is 0 Å². The Kier molecular flexibility index (Phi) is 1.38. The lowest BCUT2D eigenvalue weighted by Gasteiger charge is -2.14. The molecule has 40 valence electrons. The molecule has 0 saturated carbocycles. The van der Waals surface area contributed by atoms with Gasteiger partial charge in [0, 0.05) is 13.1 Å². The predicted octanol–water partition coefficient (Wildman–Crippen LogP) is -0.307. The van der Waals surface area contributed by atoms with Gasteiger partial charge in [-0.15, -0.1) is 0 Å². The van der Waals surface area contributed by atoms with Crippen molar-refractivity contribution in [3.8, 4) is 0 Å². The highest BCUT2D eigenvalue weighted by molar-refractivity contribution is 7.39. The van der Waals surface area contributed by atoms with Gasteiger partial charge in [-0.25, -0.2) is 0 Å². The summed E-state index contributed by atoms with van der Waals surface area (Å²) in [4.78, 5) is 8.34. The molecule has 1 aliphatic heterocycles. The van der Waals surface area contributed by atoms with Gasteiger partial charge >= 0.3 is 8.03 Å². The quantitative estimate of drug-likeness (QED) is 0.467. The first kappa shape index (κ1) is 5.16. The van der Waals surface area contributed by atoms with E-state index in [0.717, 1.165) is 0 Å². The average molecular weight is 120 g/mol. The molecule has 4 heteroatoms. The Bertz CT molecular complexity index is 90.9. The summed E-state index contributed by atoms with van der Waals surface area (Å²) in [5, 5.41) is 2.90. The molecule has 0 radical (unpaired) electrons. The van der Waals surface area contributed by atoms with Crippen molar-refractivity contribution in [2.75, 3.05) is 13.1 Å². The van der Waals surface area contributed by atoms with Gasteiger partial charge in [-0.05, 0) is 4.57 Å². The van der Waals surface area contributed by atoms with E-state index in [0.29, 0.717) is 13.1 Å². The number of hydrogen-bond acceptors (Lipinski definition) is 2. The van der Waals surface area contributed by atoms with Gasteiger partial charge in [-0.2, -0.15) is 4.89 Å². The minimum Gasteiger partial charge on any atom is -0.308 e. The third-order valence-corrected chi connectivity index (χ3v) is 2.06. The number of hydrogen-bond donors (Lipinski definition) is 2. The van der Waals surface area contributed by atoms with Crippen LogP contribution >= 0.6 is 8.03 Å². The van der Waals surface area contributed by atoms with Crippen LogP contribution in [0.15, 0.2) is 0 Å². The summed E-state index contributed by atoms with van der Waals surface area (Å²) in [6.45, 7) is 1.43. The number of rotatable bonds is 1. The molecule has 1 aliphatic rings. The van der Waals surface area contributed by atoms with Gasteiger partial charge in [-0.1, -0.05) is 0 Å². The molecule has 0 bridgehead atoms. The largest absolute Gasteiger partial charge is 0.511 e. The van der Waals surface area contributed by atoms with Crippen LogP contribution in [0.4, 0.5) is 0 Å². The summed E-state index contributed by atoms with van der Waals surface area (Å²) in [6, 6.07) is 0. The second-order valence-corrected chi connectivity index (χ2v) is 2.95. The molecule has 0 aromatic heterocycles. The zero-order valence-corrected chi connectivity index (χ0v) is 4.69. The third kappa shape index (κ3) is 0.969. The lowest BCUT2D eigenvalue weighted by atomic mass is 10.3. The normalized spacial score (nSPS) is 23.9. The minimum atomic E-state index is -1.89. The van der Waals surface area contributed by atoms with Crippen molar-refractivity contribution in [3.05, 3.63) is 0 Å². The highest BCUT2D eigenvalue weighted by Gasteiger charge is 2.34. The van der Waals surface area contributed by atoms with Crippen molar-refractivity contribution >= 4 is 8.03 Å². The Morgan fingerprint density at radius 1 is 1.71 bits per heavy atom. The van der Waals surface area contributed by atoms with Crippen LogP contribution < -0.4 is 5.32 Å². The van der Waals surface area contributed by atoms with Gasteiger partial charge in [0.1, 0.15) is 0 Å². The second kappa shape index (κ2) is 1.86. The van der Waals surface area contributed by atoms with Crippen LogP contribution in [0, 0.1) is 0 Å². The van der Waals surface area contributed by atoms with Crippen molar-refractivity contribution in [1.82, 2.24) is 5.32 Å². The molecule has 1 saturated heterocycles. The lowest BCUT2D eigenvalue weighted by Crippen LogP contribution is -2.44. The van der Waals surface area contributed by atoms with Gasteiger partial charge in [0.15, 0.2) is 0 Å². The molecule has 1 unspecified atom stereocenters. The van der Waals surface area contributed by atoms with Crippen LogP contribution in [0.1, 0.15) is 0 Å². The zero-order chi connectivity index (χ0) is 5.28. The van der Waals surface area contributed by atoms with E-state index in [2.05, 4.69) is 5.32 Å². The maximum Gasteiger partial charge on any atom is 0.511 e. The Labute approximate surface area is 42.6 Å². The predicted molar refractivity (Wildman–Crippen MR) is 26.5 cm³/mol. The molecule has 0 aromatic carbocycles. The highest BCUT2D eigenvalue weighted by Crippen LogP contribution is 2.24. The first-order valence-corrected chi connectivity index (χ1v) is 3.45. The molecular weight excluding hydrogens is 113 g/mol. The van der Waals surface area contributed by atoms with Crippen LogP contribution in [0.3, 0.4) is 0 Å². The molecule has 1 heterocycles. The molecule has 0 aromatic rings. The van der Waals surface area contributed by atoms with Crippen LogP contribution in [0.25, 0.3) is 0 Å². The van der Waals surface area contributed by atoms with E-state index in [9.17, 15) is 4.57 Å². The van der Waals surface area contributed by atoms with Crippen LogP contribution in [-0.2, 0) is 4.57 Å². The topological polar surface area (TPSA) is 49.3 Å². The SMILES string of the molecule is O=[P+](O)C1CNC1. The summed E-state index contributed by atoms with van der Waals surface area (Å²) in [5.74, 6) is 0. The van der Waals surface area contributed by atoms with Gasteiger partial charge in [0.2, 0.25) is 5.66 Å². The first-order chi connectivity index (χ1) is 3.30. The molecule has 3 nitrogen and oxygen atoms in total. The molecule has 0 spiro atoms. The molecular formula is C3H7NO2P+. The molecule has 7 heavy (non-hydrogen) atoms. The van der Waals surface area contributed by atoms with Crippen molar-refractivity contribution in [3.63, 3.8) is 0 Å². The molecule has 0 aliphatic carbocycles. The Balaban J connectivity index is 2.27. The van der Waals surface area contributed by atoms with Crippen LogP contribution in [0.5, 0.6) is 0 Å². The molecule has 1 rings (SSSR count). The maximum atomic E-state index is 10.1. The van der Waals surface area contributed by atoms with E-state index < -0.39 is 8.03 Å². The summed E-state index contributed by atoms with van der Waals surface area (Å²) in [5.41, 5.74) is 0.0370. The van der Waals surface area contributed by atoms with Crippen LogP contribution in [0.2, 0.25) is 0 Å². The van der Waals surface area contributed by atoms with Crippen molar-refractivity contribution in [2.45, 2.75) is 5.66 Å². The summed E-state index contributed by atoms with van der Waals surface area (Å²) in [7, 11) is -1.89. The van der Waals surface area contributed by atoms with Gasteiger partial charge in [-0.3, -0.25) is 0 Å². The van der Waals surface area contributed by atoms with Crippen LogP contribution in [-0.4, -0.2) is 23.6 Å². The van der Waals surface area contributed by atoms with E-state index in [1.54, 1.807) is 0 Å². The molecule has 2 N–H and O–H groups in total. The molecule has 1 fully saturated rings.